The maximum absolute atomic E-state index is 12.0. The van der Waals surface area contributed by atoms with Crippen molar-refractivity contribution in [3.05, 3.63) is 30.3 Å². The van der Waals surface area contributed by atoms with Crippen molar-refractivity contribution in [3.63, 3.8) is 0 Å². The van der Waals surface area contributed by atoms with E-state index in [0.717, 1.165) is 31.4 Å². The highest BCUT2D eigenvalue weighted by molar-refractivity contribution is 5.93. The summed E-state index contributed by atoms with van der Waals surface area (Å²) in [6, 6.07) is 9.57. The van der Waals surface area contributed by atoms with Crippen LogP contribution >= 0.6 is 0 Å². The van der Waals surface area contributed by atoms with E-state index in [1.54, 1.807) is 0 Å². The van der Waals surface area contributed by atoms with Gasteiger partial charge in [0.25, 0.3) is 0 Å². The molecule has 3 heteroatoms. The minimum atomic E-state index is -0.0195. The van der Waals surface area contributed by atoms with E-state index in [4.69, 9.17) is 5.73 Å². The van der Waals surface area contributed by atoms with Crippen LogP contribution in [0.5, 0.6) is 0 Å². The van der Waals surface area contributed by atoms with Gasteiger partial charge in [0.05, 0.1) is 5.92 Å². The molecule has 1 fully saturated rings. The van der Waals surface area contributed by atoms with Gasteiger partial charge in [0, 0.05) is 11.7 Å². The van der Waals surface area contributed by atoms with Crippen LogP contribution in [0, 0.1) is 5.92 Å². The molecule has 0 aliphatic heterocycles. The first-order chi connectivity index (χ1) is 7.77. The number of nitrogens with two attached hydrogens (primary N) is 1. The summed E-state index contributed by atoms with van der Waals surface area (Å²) in [5, 5.41) is 2.92. The predicted molar refractivity (Wildman–Crippen MR) is 65.0 cm³/mol. The molecule has 86 valence electrons. The first-order valence-corrected chi connectivity index (χ1v) is 5.89. The maximum Gasteiger partial charge on any atom is 0.229 e. The molecular formula is C13H18N2O. The van der Waals surface area contributed by atoms with Crippen molar-refractivity contribution in [2.45, 2.75) is 31.7 Å². The van der Waals surface area contributed by atoms with Gasteiger partial charge in [0.2, 0.25) is 5.91 Å². The number of carbonyl (C=O) groups excluding carboxylic acids is 1. The summed E-state index contributed by atoms with van der Waals surface area (Å²) < 4.78 is 0. The van der Waals surface area contributed by atoms with Crippen LogP contribution in [0.3, 0.4) is 0 Å². The van der Waals surface area contributed by atoms with E-state index in [0.29, 0.717) is 0 Å². The van der Waals surface area contributed by atoms with E-state index in [1.165, 1.54) is 0 Å². The molecule has 3 N–H and O–H groups in total. The Balaban J connectivity index is 1.97. The third-order valence-electron chi connectivity index (χ3n) is 3.20. The minimum Gasteiger partial charge on any atom is -0.327 e. The van der Waals surface area contributed by atoms with Crippen LogP contribution < -0.4 is 11.1 Å². The number of carbonyl (C=O) groups is 1. The first kappa shape index (κ1) is 11.1. The molecule has 16 heavy (non-hydrogen) atoms. The normalized spacial score (nSPS) is 25.1. The van der Waals surface area contributed by atoms with Crippen molar-refractivity contribution < 1.29 is 4.79 Å². The smallest absolute Gasteiger partial charge is 0.229 e. The summed E-state index contributed by atoms with van der Waals surface area (Å²) in [7, 11) is 0. The molecule has 0 aromatic heterocycles. The number of nitrogens with one attached hydrogen (secondary N) is 1. The zero-order chi connectivity index (χ0) is 11.4. The van der Waals surface area contributed by atoms with Gasteiger partial charge in [-0.25, -0.2) is 0 Å². The lowest BCUT2D eigenvalue weighted by molar-refractivity contribution is -0.121. The molecule has 1 saturated carbocycles. The summed E-state index contributed by atoms with van der Waals surface area (Å²) in [6.45, 7) is 0. The Labute approximate surface area is 96.0 Å². The van der Waals surface area contributed by atoms with Crippen LogP contribution in [0.25, 0.3) is 0 Å². The van der Waals surface area contributed by atoms with Crippen molar-refractivity contribution in [3.8, 4) is 0 Å². The maximum atomic E-state index is 12.0. The van der Waals surface area contributed by atoms with Crippen molar-refractivity contribution in [2.24, 2.45) is 11.7 Å². The summed E-state index contributed by atoms with van der Waals surface area (Å²) in [4.78, 5) is 12.0. The SMILES string of the molecule is N[C@@H]1CCCC[C@H]1C(=O)Nc1ccccc1. The molecule has 0 spiro atoms. The fourth-order valence-electron chi connectivity index (χ4n) is 2.24. The lowest BCUT2D eigenvalue weighted by atomic mass is 9.84. The minimum absolute atomic E-state index is 0.0195. The van der Waals surface area contributed by atoms with Gasteiger partial charge in [-0.05, 0) is 25.0 Å². The highest BCUT2D eigenvalue weighted by atomic mass is 16.1. The second kappa shape index (κ2) is 5.12. The van der Waals surface area contributed by atoms with Crippen LogP contribution in [0.2, 0.25) is 0 Å². The highest BCUT2D eigenvalue weighted by Crippen LogP contribution is 2.24. The number of hydrogen-bond donors (Lipinski definition) is 2. The van der Waals surface area contributed by atoms with Crippen LogP contribution in [0.1, 0.15) is 25.7 Å². The third kappa shape index (κ3) is 2.61. The fourth-order valence-corrected chi connectivity index (χ4v) is 2.24. The molecular weight excluding hydrogens is 200 g/mol. The van der Waals surface area contributed by atoms with Crippen molar-refractivity contribution >= 4 is 11.6 Å². The number of rotatable bonds is 2. The molecule has 2 rings (SSSR count). The van der Waals surface area contributed by atoms with Crippen molar-refractivity contribution in [2.75, 3.05) is 5.32 Å². The van der Waals surface area contributed by atoms with Crippen LogP contribution in [0.15, 0.2) is 30.3 Å². The Morgan fingerprint density at radius 3 is 2.56 bits per heavy atom. The topological polar surface area (TPSA) is 55.1 Å². The van der Waals surface area contributed by atoms with Crippen LogP contribution in [-0.4, -0.2) is 11.9 Å². The van der Waals surface area contributed by atoms with Gasteiger partial charge in [-0.3, -0.25) is 4.79 Å². The molecule has 3 nitrogen and oxygen atoms in total. The zero-order valence-electron chi connectivity index (χ0n) is 9.36. The average molecular weight is 218 g/mol. The number of benzene rings is 1. The van der Waals surface area contributed by atoms with E-state index in [1.807, 2.05) is 30.3 Å². The number of para-hydroxylation sites is 1. The van der Waals surface area contributed by atoms with Gasteiger partial charge in [-0.15, -0.1) is 0 Å². The fraction of sp³-hybridized carbons (Fsp3) is 0.462. The largest absolute Gasteiger partial charge is 0.327 e. The van der Waals surface area contributed by atoms with Gasteiger partial charge in [-0.1, -0.05) is 31.0 Å². The van der Waals surface area contributed by atoms with Crippen molar-refractivity contribution in [1.82, 2.24) is 0 Å². The summed E-state index contributed by atoms with van der Waals surface area (Å²) in [5.74, 6) is 0.0485. The Morgan fingerprint density at radius 2 is 1.88 bits per heavy atom. The zero-order valence-corrected chi connectivity index (χ0v) is 9.36. The Morgan fingerprint density at radius 1 is 1.19 bits per heavy atom. The Kier molecular flexibility index (Phi) is 3.57. The third-order valence-corrected chi connectivity index (χ3v) is 3.20. The second-order valence-corrected chi connectivity index (χ2v) is 4.41. The molecule has 1 aromatic carbocycles. The van der Waals surface area contributed by atoms with E-state index < -0.39 is 0 Å². The number of anilines is 1. The number of hydrogen-bond acceptors (Lipinski definition) is 2. The van der Waals surface area contributed by atoms with Gasteiger partial charge >= 0.3 is 0 Å². The lowest BCUT2D eigenvalue weighted by Crippen LogP contribution is -2.40. The lowest BCUT2D eigenvalue weighted by Gasteiger charge is -2.27. The molecule has 0 heterocycles. The van der Waals surface area contributed by atoms with Gasteiger partial charge in [-0.2, -0.15) is 0 Å². The van der Waals surface area contributed by atoms with E-state index in [9.17, 15) is 4.79 Å². The van der Waals surface area contributed by atoms with E-state index >= 15 is 0 Å². The molecule has 0 radical (unpaired) electrons. The Hall–Kier alpha value is -1.35. The van der Waals surface area contributed by atoms with E-state index in [2.05, 4.69) is 5.32 Å². The highest BCUT2D eigenvalue weighted by Gasteiger charge is 2.28. The standard InChI is InChI=1S/C13H18N2O/c14-12-9-5-4-8-11(12)13(16)15-10-6-2-1-3-7-10/h1-3,6-7,11-12H,4-5,8-9,14H2,(H,15,16)/t11-,12-/m1/s1. The molecule has 2 atom stereocenters. The molecule has 0 bridgehead atoms. The summed E-state index contributed by atoms with van der Waals surface area (Å²) in [5.41, 5.74) is 6.82. The average Bonchev–Trinajstić information content (AvgIpc) is 2.31. The molecule has 0 unspecified atom stereocenters. The predicted octanol–water partition coefficient (Wildman–Crippen LogP) is 2.14. The quantitative estimate of drug-likeness (QED) is 0.799. The monoisotopic (exact) mass is 218 g/mol. The molecule has 1 aliphatic rings. The molecule has 1 aliphatic carbocycles. The molecule has 1 amide bonds. The Bertz CT molecular complexity index is 350. The number of amides is 1. The van der Waals surface area contributed by atoms with Crippen molar-refractivity contribution in [1.29, 1.82) is 0 Å². The van der Waals surface area contributed by atoms with Crippen LogP contribution in [-0.2, 0) is 4.79 Å². The molecule has 1 aromatic rings. The van der Waals surface area contributed by atoms with Gasteiger partial charge < -0.3 is 11.1 Å². The molecule has 0 saturated heterocycles. The van der Waals surface area contributed by atoms with E-state index in [-0.39, 0.29) is 17.9 Å². The van der Waals surface area contributed by atoms with Gasteiger partial charge in [0.15, 0.2) is 0 Å². The first-order valence-electron chi connectivity index (χ1n) is 5.89. The second-order valence-electron chi connectivity index (χ2n) is 4.41. The van der Waals surface area contributed by atoms with Gasteiger partial charge in [0.1, 0.15) is 0 Å². The van der Waals surface area contributed by atoms with Crippen LogP contribution in [0.4, 0.5) is 5.69 Å². The summed E-state index contributed by atoms with van der Waals surface area (Å²) in [6.07, 6.45) is 4.14. The summed E-state index contributed by atoms with van der Waals surface area (Å²) >= 11 is 0.